The summed E-state index contributed by atoms with van der Waals surface area (Å²) >= 11 is 5.95. The van der Waals surface area contributed by atoms with E-state index in [9.17, 15) is 0 Å². The predicted molar refractivity (Wildman–Crippen MR) is 75.9 cm³/mol. The summed E-state index contributed by atoms with van der Waals surface area (Å²) in [6.45, 7) is 7.21. The molecule has 3 unspecified atom stereocenters. The Labute approximate surface area is 114 Å². The van der Waals surface area contributed by atoms with Gasteiger partial charge in [0.15, 0.2) is 0 Å². The molecule has 2 heterocycles. The second-order valence-corrected chi connectivity index (χ2v) is 6.13. The monoisotopic (exact) mass is 264 g/mol. The highest BCUT2D eigenvalue weighted by molar-refractivity contribution is 6.30. The van der Waals surface area contributed by atoms with Gasteiger partial charge in [0.1, 0.15) is 0 Å². The molecule has 98 valence electrons. The maximum absolute atomic E-state index is 5.95. The molecule has 0 spiro atoms. The normalized spacial score (nSPS) is 30.1. The molecule has 0 saturated carbocycles. The molecule has 1 aromatic carbocycles. The highest BCUT2D eigenvalue weighted by atomic mass is 35.5. The third kappa shape index (κ3) is 2.42. The second-order valence-electron chi connectivity index (χ2n) is 5.69. The van der Waals surface area contributed by atoms with E-state index in [1.807, 2.05) is 12.1 Å². The van der Waals surface area contributed by atoms with Gasteiger partial charge >= 0.3 is 0 Å². The van der Waals surface area contributed by atoms with Crippen LogP contribution in [0.15, 0.2) is 24.3 Å². The third-order valence-corrected chi connectivity index (χ3v) is 4.89. The molecule has 18 heavy (non-hydrogen) atoms. The van der Waals surface area contributed by atoms with E-state index in [-0.39, 0.29) is 0 Å². The number of likely N-dealkylation sites (tertiary alicyclic amines) is 1. The lowest BCUT2D eigenvalue weighted by Gasteiger charge is -2.38. The number of halogens is 1. The van der Waals surface area contributed by atoms with Crippen LogP contribution >= 0.6 is 11.6 Å². The lowest BCUT2D eigenvalue weighted by Crippen LogP contribution is -2.41. The first kappa shape index (κ1) is 12.5. The highest BCUT2D eigenvalue weighted by Gasteiger charge is 2.34. The van der Waals surface area contributed by atoms with Crippen LogP contribution in [0.25, 0.3) is 0 Å². The molecule has 3 heteroatoms. The van der Waals surface area contributed by atoms with Crippen LogP contribution in [0.1, 0.15) is 24.9 Å². The average molecular weight is 265 g/mol. The molecule has 2 fully saturated rings. The molecule has 1 N–H and O–H groups in total. The molecule has 2 nitrogen and oxygen atoms in total. The van der Waals surface area contributed by atoms with Crippen molar-refractivity contribution in [1.82, 2.24) is 10.2 Å². The van der Waals surface area contributed by atoms with Crippen molar-refractivity contribution in [2.45, 2.75) is 19.4 Å². The first-order chi connectivity index (χ1) is 8.74. The molecule has 0 aliphatic carbocycles. The molecule has 0 amide bonds. The molecular weight excluding hydrogens is 244 g/mol. The van der Waals surface area contributed by atoms with Crippen molar-refractivity contribution < 1.29 is 0 Å². The number of benzene rings is 1. The fourth-order valence-corrected chi connectivity index (χ4v) is 3.49. The average Bonchev–Trinajstić information content (AvgIpc) is 2.86. The predicted octanol–water partition coefficient (Wildman–Crippen LogP) is 2.94. The van der Waals surface area contributed by atoms with Crippen LogP contribution in [0.3, 0.4) is 0 Å². The number of nitrogens with zero attached hydrogens (tertiary/aromatic N) is 1. The van der Waals surface area contributed by atoms with Gasteiger partial charge in [0, 0.05) is 17.6 Å². The molecule has 2 aliphatic heterocycles. The summed E-state index contributed by atoms with van der Waals surface area (Å²) in [5.74, 6) is 1.77. The van der Waals surface area contributed by atoms with Crippen LogP contribution < -0.4 is 5.32 Å². The van der Waals surface area contributed by atoms with Crippen molar-refractivity contribution in [2.75, 3.05) is 26.2 Å². The van der Waals surface area contributed by atoms with Gasteiger partial charge in [-0.2, -0.15) is 0 Å². The van der Waals surface area contributed by atoms with Gasteiger partial charge in [-0.25, -0.2) is 0 Å². The smallest absolute Gasteiger partial charge is 0.0406 e. The van der Waals surface area contributed by atoms with E-state index < -0.39 is 0 Å². The van der Waals surface area contributed by atoms with E-state index in [2.05, 4.69) is 29.3 Å². The zero-order valence-electron chi connectivity index (χ0n) is 10.9. The molecular formula is C15H21ClN2. The Bertz CT molecular complexity index is 403. The SMILES string of the molecule is CC(c1ccc(Cl)cc1)N1CCC2CNCC2C1. The van der Waals surface area contributed by atoms with Crippen LogP contribution in [0.4, 0.5) is 0 Å². The van der Waals surface area contributed by atoms with Crippen LogP contribution in [-0.2, 0) is 0 Å². The van der Waals surface area contributed by atoms with Gasteiger partial charge in [0.25, 0.3) is 0 Å². The summed E-state index contributed by atoms with van der Waals surface area (Å²) in [5.41, 5.74) is 1.38. The summed E-state index contributed by atoms with van der Waals surface area (Å²) in [5, 5.41) is 4.35. The maximum atomic E-state index is 5.95. The van der Waals surface area contributed by atoms with Crippen molar-refractivity contribution in [1.29, 1.82) is 0 Å². The quantitative estimate of drug-likeness (QED) is 0.884. The Balaban J connectivity index is 1.69. The molecule has 2 aliphatic rings. The van der Waals surface area contributed by atoms with Crippen LogP contribution in [0.2, 0.25) is 5.02 Å². The Morgan fingerprint density at radius 2 is 1.94 bits per heavy atom. The minimum Gasteiger partial charge on any atom is -0.316 e. The summed E-state index contributed by atoms with van der Waals surface area (Å²) in [7, 11) is 0. The van der Waals surface area contributed by atoms with E-state index >= 15 is 0 Å². The summed E-state index contributed by atoms with van der Waals surface area (Å²) in [6.07, 6.45) is 1.34. The number of piperidine rings is 1. The fourth-order valence-electron chi connectivity index (χ4n) is 3.37. The summed E-state index contributed by atoms with van der Waals surface area (Å²) in [4.78, 5) is 2.62. The Kier molecular flexibility index (Phi) is 3.60. The topological polar surface area (TPSA) is 15.3 Å². The summed E-state index contributed by atoms with van der Waals surface area (Å²) in [6, 6.07) is 8.82. The minimum atomic E-state index is 0.504. The van der Waals surface area contributed by atoms with E-state index in [1.54, 1.807) is 0 Å². The number of fused-ring (bicyclic) bond motifs is 1. The highest BCUT2D eigenvalue weighted by Crippen LogP contribution is 2.31. The second kappa shape index (κ2) is 5.20. The maximum Gasteiger partial charge on any atom is 0.0406 e. The van der Waals surface area contributed by atoms with Gasteiger partial charge in [-0.3, -0.25) is 4.90 Å². The van der Waals surface area contributed by atoms with Crippen LogP contribution in [-0.4, -0.2) is 31.1 Å². The number of hydrogen-bond acceptors (Lipinski definition) is 2. The van der Waals surface area contributed by atoms with Gasteiger partial charge in [-0.1, -0.05) is 23.7 Å². The van der Waals surface area contributed by atoms with E-state index in [1.165, 1.54) is 38.2 Å². The Morgan fingerprint density at radius 1 is 1.22 bits per heavy atom. The fraction of sp³-hybridized carbons (Fsp3) is 0.600. The van der Waals surface area contributed by atoms with Crippen LogP contribution in [0.5, 0.6) is 0 Å². The molecule has 0 bridgehead atoms. The summed E-state index contributed by atoms with van der Waals surface area (Å²) < 4.78 is 0. The van der Waals surface area contributed by atoms with E-state index in [0.717, 1.165) is 16.9 Å². The largest absolute Gasteiger partial charge is 0.316 e. The van der Waals surface area contributed by atoms with Crippen molar-refractivity contribution in [3.63, 3.8) is 0 Å². The van der Waals surface area contributed by atoms with Gasteiger partial charge in [0.2, 0.25) is 0 Å². The molecule has 3 atom stereocenters. The molecule has 3 rings (SSSR count). The standard InChI is InChI=1S/C15H21ClN2/c1-11(12-2-4-15(16)5-3-12)18-7-6-13-8-17-9-14(13)10-18/h2-5,11,13-14,17H,6-10H2,1H3. The number of rotatable bonds is 2. The van der Waals surface area contributed by atoms with Gasteiger partial charge < -0.3 is 5.32 Å². The van der Waals surface area contributed by atoms with Crippen molar-refractivity contribution >= 4 is 11.6 Å². The number of nitrogens with one attached hydrogen (secondary N) is 1. The van der Waals surface area contributed by atoms with Crippen molar-refractivity contribution in [3.05, 3.63) is 34.9 Å². The van der Waals surface area contributed by atoms with E-state index in [0.29, 0.717) is 6.04 Å². The first-order valence-corrected chi connectivity index (χ1v) is 7.32. The molecule has 2 saturated heterocycles. The zero-order chi connectivity index (χ0) is 12.5. The lowest BCUT2D eigenvalue weighted by atomic mass is 9.87. The van der Waals surface area contributed by atoms with Gasteiger partial charge in [0.05, 0.1) is 0 Å². The Hall–Kier alpha value is -0.570. The van der Waals surface area contributed by atoms with E-state index in [4.69, 9.17) is 11.6 Å². The lowest BCUT2D eigenvalue weighted by molar-refractivity contribution is 0.111. The first-order valence-electron chi connectivity index (χ1n) is 6.94. The molecule has 0 aromatic heterocycles. The zero-order valence-corrected chi connectivity index (χ0v) is 11.7. The van der Waals surface area contributed by atoms with Gasteiger partial charge in [-0.05, 0) is 62.5 Å². The molecule has 1 aromatic rings. The number of hydrogen-bond donors (Lipinski definition) is 1. The van der Waals surface area contributed by atoms with Crippen LogP contribution in [0, 0.1) is 11.8 Å². The third-order valence-electron chi connectivity index (χ3n) is 4.64. The minimum absolute atomic E-state index is 0.504. The molecule has 0 radical (unpaired) electrons. The van der Waals surface area contributed by atoms with Gasteiger partial charge in [-0.15, -0.1) is 0 Å². The Morgan fingerprint density at radius 3 is 2.72 bits per heavy atom. The van der Waals surface area contributed by atoms with Crippen molar-refractivity contribution in [3.8, 4) is 0 Å². The van der Waals surface area contributed by atoms with Crippen molar-refractivity contribution in [2.24, 2.45) is 11.8 Å².